The van der Waals surface area contributed by atoms with Gasteiger partial charge in [0, 0.05) is 45.3 Å². The fraction of sp³-hybridized carbons (Fsp3) is 0.0833. The van der Waals surface area contributed by atoms with Gasteiger partial charge in [0.2, 0.25) is 0 Å². The predicted octanol–water partition coefficient (Wildman–Crippen LogP) is 2.80. The van der Waals surface area contributed by atoms with E-state index in [0.29, 0.717) is 0 Å². The predicted molar refractivity (Wildman–Crippen MR) is 70.8 cm³/mol. The highest BCUT2D eigenvalue weighted by molar-refractivity contribution is 7.84. The molecule has 0 saturated heterocycles. The van der Waals surface area contributed by atoms with Crippen molar-refractivity contribution in [3.05, 3.63) is 42.0 Å². The highest BCUT2D eigenvalue weighted by atomic mass is 32.2. The van der Waals surface area contributed by atoms with Gasteiger partial charge in [0.05, 0.1) is 5.69 Å². The van der Waals surface area contributed by atoms with Crippen molar-refractivity contribution in [2.45, 2.75) is 4.90 Å². The number of thiazole rings is 1. The molecule has 0 saturated carbocycles. The summed E-state index contributed by atoms with van der Waals surface area (Å²) in [4.78, 5) is 6.35. The molecule has 0 fully saturated rings. The second-order valence-electron chi connectivity index (χ2n) is 3.70. The lowest BCUT2D eigenvalue weighted by molar-refractivity contribution is 0.687. The summed E-state index contributed by atoms with van der Waals surface area (Å²) in [5.41, 5.74) is 2.00. The van der Waals surface area contributed by atoms with Crippen molar-refractivity contribution in [1.82, 2.24) is 9.38 Å². The lowest BCUT2D eigenvalue weighted by Gasteiger charge is -1.98. The second-order valence-corrected chi connectivity index (χ2v) is 5.95. The van der Waals surface area contributed by atoms with Crippen molar-refractivity contribution in [3.63, 3.8) is 0 Å². The number of benzene rings is 1. The highest BCUT2D eigenvalue weighted by Crippen LogP contribution is 2.22. The smallest absolute Gasteiger partial charge is 0.194 e. The molecule has 0 aliphatic heterocycles. The van der Waals surface area contributed by atoms with Gasteiger partial charge in [-0.05, 0) is 12.1 Å². The largest absolute Gasteiger partial charge is 0.297 e. The van der Waals surface area contributed by atoms with Crippen LogP contribution in [0.25, 0.3) is 16.2 Å². The topological polar surface area (TPSA) is 34.4 Å². The van der Waals surface area contributed by atoms with E-state index in [-0.39, 0.29) is 0 Å². The van der Waals surface area contributed by atoms with Gasteiger partial charge in [0.15, 0.2) is 4.96 Å². The molecule has 0 amide bonds. The van der Waals surface area contributed by atoms with Gasteiger partial charge < -0.3 is 0 Å². The van der Waals surface area contributed by atoms with Crippen molar-refractivity contribution >= 4 is 27.1 Å². The molecule has 3 aromatic rings. The van der Waals surface area contributed by atoms with Crippen molar-refractivity contribution in [3.8, 4) is 11.3 Å². The molecule has 2 aromatic heterocycles. The molecule has 0 radical (unpaired) electrons. The average molecular weight is 262 g/mol. The molecular weight excluding hydrogens is 252 g/mol. The molecule has 1 atom stereocenters. The molecule has 0 aliphatic rings. The third-order valence-electron chi connectivity index (χ3n) is 2.58. The summed E-state index contributed by atoms with van der Waals surface area (Å²) in [6.07, 6.45) is 5.68. The Kier molecular flexibility index (Phi) is 2.57. The molecule has 1 aromatic carbocycles. The summed E-state index contributed by atoms with van der Waals surface area (Å²) in [5, 5.41) is 2.01. The summed E-state index contributed by atoms with van der Waals surface area (Å²) in [7, 11) is -0.924. The minimum absolute atomic E-state index is 0.842. The van der Waals surface area contributed by atoms with Crippen LogP contribution in [0.5, 0.6) is 0 Å². The Hall–Kier alpha value is -1.46. The van der Waals surface area contributed by atoms with E-state index in [1.54, 1.807) is 17.6 Å². The van der Waals surface area contributed by atoms with E-state index >= 15 is 0 Å². The van der Waals surface area contributed by atoms with Gasteiger partial charge in [-0.25, -0.2) is 4.98 Å². The van der Waals surface area contributed by atoms with Gasteiger partial charge >= 0.3 is 0 Å². The zero-order valence-electron chi connectivity index (χ0n) is 9.16. The Bertz CT molecular complexity index is 653. The lowest BCUT2D eigenvalue weighted by Crippen LogP contribution is -1.86. The molecule has 86 valence electrons. The van der Waals surface area contributed by atoms with Crippen molar-refractivity contribution in [2.24, 2.45) is 0 Å². The van der Waals surface area contributed by atoms with E-state index in [0.717, 1.165) is 21.1 Å². The van der Waals surface area contributed by atoms with E-state index in [9.17, 15) is 4.21 Å². The Balaban J connectivity index is 2.03. The molecule has 2 heterocycles. The first-order valence-electron chi connectivity index (χ1n) is 5.10. The zero-order valence-corrected chi connectivity index (χ0v) is 10.8. The second kappa shape index (κ2) is 4.09. The standard InChI is InChI=1S/C12H10N2OS2/c1-17(15)10-4-2-9(3-5-10)11-8-14-6-7-16-12(14)13-11/h2-8H,1H3. The van der Waals surface area contributed by atoms with E-state index < -0.39 is 10.8 Å². The molecule has 3 nitrogen and oxygen atoms in total. The van der Waals surface area contributed by atoms with E-state index in [4.69, 9.17) is 0 Å². The van der Waals surface area contributed by atoms with Crippen LogP contribution in [0.1, 0.15) is 0 Å². The lowest BCUT2D eigenvalue weighted by atomic mass is 10.2. The van der Waals surface area contributed by atoms with Gasteiger partial charge in [0.25, 0.3) is 0 Å². The Labute approximate surface area is 105 Å². The van der Waals surface area contributed by atoms with Crippen LogP contribution in [0.4, 0.5) is 0 Å². The van der Waals surface area contributed by atoms with Crippen LogP contribution in [0.2, 0.25) is 0 Å². The Morgan fingerprint density at radius 2 is 2.06 bits per heavy atom. The fourth-order valence-corrected chi connectivity index (χ4v) is 2.90. The molecule has 17 heavy (non-hydrogen) atoms. The van der Waals surface area contributed by atoms with Gasteiger partial charge in [-0.15, -0.1) is 11.3 Å². The van der Waals surface area contributed by atoms with Crippen molar-refractivity contribution in [1.29, 1.82) is 0 Å². The molecule has 0 spiro atoms. The molecule has 0 N–H and O–H groups in total. The molecule has 3 rings (SSSR count). The van der Waals surface area contributed by atoms with Crippen LogP contribution in [0.3, 0.4) is 0 Å². The number of hydrogen-bond donors (Lipinski definition) is 0. The summed E-state index contributed by atoms with van der Waals surface area (Å²) >= 11 is 1.61. The molecule has 0 bridgehead atoms. The Morgan fingerprint density at radius 3 is 2.71 bits per heavy atom. The minimum atomic E-state index is -0.924. The molecular formula is C12H10N2OS2. The first-order chi connectivity index (χ1) is 8.24. The Morgan fingerprint density at radius 1 is 1.29 bits per heavy atom. The van der Waals surface area contributed by atoms with Crippen LogP contribution in [-0.4, -0.2) is 19.8 Å². The summed E-state index contributed by atoms with van der Waals surface area (Å²) in [5.74, 6) is 0. The van der Waals surface area contributed by atoms with E-state index in [1.165, 1.54) is 0 Å². The third kappa shape index (κ3) is 1.92. The minimum Gasteiger partial charge on any atom is -0.297 e. The number of hydrogen-bond acceptors (Lipinski definition) is 3. The quantitative estimate of drug-likeness (QED) is 0.711. The maximum Gasteiger partial charge on any atom is 0.194 e. The van der Waals surface area contributed by atoms with Crippen LogP contribution in [0, 0.1) is 0 Å². The number of nitrogens with zero attached hydrogens (tertiary/aromatic N) is 2. The summed E-state index contributed by atoms with van der Waals surface area (Å²) < 4.78 is 13.3. The monoisotopic (exact) mass is 262 g/mol. The van der Waals surface area contributed by atoms with Gasteiger partial charge in [-0.3, -0.25) is 8.61 Å². The highest BCUT2D eigenvalue weighted by Gasteiger charge is 2.05. The van der Waals surface area contributed by atoms with Gasteiger partial charge in [-0.2, -0.15) is 0 Å². The molecule has 1 unspecified atom stereocenters. The summed E-state index contributed by atoms with van der Waals surface area (Å²) in [6, 6.07) is 7.70. The third-order valence-corrected chi connectivity index (χ3v) is 4.28. The van der Waals surface area contributed by atoms with Crippen molar-refractivity contribution < 1.29 is 4.21 Å². The van der Waals surface area contributed by atoms with Crippen LogP contribution in [-0.2, 0) is 10.8 Å². The normalized spacial score (nSPS) is 13.0. The van der Waals surface area contributed by atoms with Crippen LogP contribution < -0.4 is 0 Å². The van der Waals surface area contributed by atoms with Crippen LogP contribution in [0.15, 0.2) is 46.9 Å². The maximum absolute atomic E-state index is 11.3. The summed E-state index contributed by atoms with van der Waals surface area (Å²) in [6.45, 7) is 0. The first-order valence-corrected chi connectivity index (χ1v) is 7.54. The number of rotatable bonds is 2. The maximum atomic E-state index is 11.3. The van der Waals surface area contributed by atoms with E-state index in [2.05, 4.69) is 4.98 Å². The van der Waals surface area contributed by atoms with Crippen molar-refractivity contribution in [2.75, 3.05) is 6.26 Å². The molecule has 5 heteroatoms. The number of imidazole rings is 1. The number of aromatic nitrogens is 2. The zero-order chi connectivity index (χ0) is 11.8. The SMILES string of the molecule is CS(=O)c1ccc(-c2cn3ccsc3n2)cc1. The molecule has 0 aliphatic carbocycles. The van der Waals surface area contributed by atoms with Gasteiger partial charge in [-0.1, -0.05) is 12.1 Å². The average Bonchev–Trinajstić information content (AvgIpc) is 2.89. The van der Waals surface area contributed by atoms with Crippen LogP contribution >= 0.6 is 11.3 Å². The fourth-order valence-electron chi connectivity index (χ4n) is 1.68. The first kappa shape index (κ1) is 10.7. The van der Waals surface area contributed by atoms with Gasteiger partial charge in [0.1, 0.15) is 0 Å². The van der Waals surface area contributed by atoms with E-state index in [1.807, 2.05) is 46.4 Å². The number of fused-ring (bicyclic) bond motifs is 1.